The molecular weight excluding hydrogens is 317 g/mol. The maximum Gasteiger partial charge on any atom is 0.347 e. The standard InChI is InChI=1S/C14H13Cl2NO2S/c1-14(2,3)11-10(13(18)19)20-12(17-11)8-6-7(15)4-5-9(8)16/h4-6H,1-3H3,(H,18,19). The quantitative estimate of drug-likeness (QED) is 0.832. The summed E-state index contributed by atoms with van der Waals surface area (Å²) in [6, 6.07) is 5.06. The van der Waals surface area contributed by atoms with Gasteiger partial charge in [0, 0.05) is 16.0 Å². The summed E-state index contributed by atoms with van der Waals surface area (Å²) in [5.41, 5.74) is 0.858. The fraction of sp³-hybridized carbons (Fsp3) is 0.286. The van der Waals surface area contributed by atoms with Crippen LogP contribution in [0.1, 0.15) is 36.1 Å². The highest BCUT2D eigenvalue weighted by Gasteiger charge is 2.27. The van der Waals surface area contributed by atoms with Gasteiger partial charge < -0.3 is 5.11 Å². The van der Waals surface area contributed by atoms with Crippen molar-refractivity contribution in [1.29, 1.82) is 0 Å². The van der Waals surface area contributed by atoms with E-state index in [2.05, 4.69) is 4.98 Å². The zero-order valence-corrected chi connectivity index (χ0v) is 13.5. The lowest BCUT2D eigenvalue weighted by atomic mass is 9.91. The molecule has 106 valence electrons. The second kappa shape index (κ2) is 5.35. The molecule has 2 aromatic rings. The maximum atomic E-state index is 11.4. The number of carbonyl (C=O) groups is 1. The predicted octanol–water partition coefficient (Wildman–Crippen LogP) is 5.11. The predicted molar refractivity (Wildman–Crippen MR) is 83.2 cm³/mol. The highest BCUT2D eigenvalue weighted by Crippen LogP contribution is 2.38. The Morgan fingerprint density at radius 3 is 2.45 bits per heavy atom. The van der Waals surface area contributed by atoms with Crippen molar-refractivity contribution >= 4 is 40.5 Å². The van der Waals surface area contributed by atoms with Crippen molar-refractivity contribution in [3.8, 4) is 10.6 Å². The Bertz CT molecular complexity index is 674. The SMILES string of the molecule is CC(C)(C)c1nc(-c2cc(Cl)ccc2Cl)sc1C(=O)O. The van der Waals surface area contributed by atoms with Crippen LogP contribution in [0.3, 0.4) is 0 Å². The zero-order valence-electron chi connectivity index (χ0n) is 11.2. The molecule has 0 atom stereocenters. The van der Waals surface area contributed by atoms with Crippen molar-refractivity contribution in [1.82, 2.24) is 4.98 Å². The van der Waals surface area contributed by atoms with Gasteiger partial charge in [-0.05, 0) is 18.2 Å². The van der Waals surface area contributed by atoms with Crippen molar-refractivity contribution in [3.05, 3.63) is 38.8 Å². The van der Waals surface area contributed by atoms with Gasteiger partial charge in [0.2, 0.25) is 0 Å². The van der Waals surface area contributed by atoms with Crippen LogP contribution in [0, 0.1) is 0 Å². The Morgan fingerprint density at radius 2 is 1.95 bits per heavy atom. The maximum absolute atomic E-state index is 11.4. The number of benzene rings is 1. The molecule has 0 unspecified atom stereocenters. The first-order valence-corrected chi connectivity index (χ1v) is 7.47. The van der Waals surface area contributed by atoms with E-state index in [-0.39, 0.29) is 10.3 Å². The summed E-state index contributed by atoms with van der Waals surface area (Å²) >= 11 is 13.2. The molecule has 0 aliphatic rings. The van der Waals surface area contributed by atoms with Gasteiger partial charge in [-0.1, -0.05) is 44.0 Å². The van der Waals surface area contributed by atoms with Crippen molar-refractivity contribution in [2.24, 2.45) is 0 Å². The summed E-state index contributed by atoms with van der Waals surface area (Å²) in [5.74, 6) is -0.975. The molecule has 0 aliphatic heterocycles. The van der Waals surface area contributed by atoms with E-state index in [1.165, 1.54) is 0 Å². The normalized spacial score (nSPS) is 11.7. The highest BCUT2D eigenvalue weighted by atomic mass is 35.5. The topological polar surface area (TPSA) is 50.2 Å². The number of aromatic nitrogens is 1. The van der Waals surface area contributed by atoms with Crippen LogP contribution in [0.4, 0.5) is 0 Å². The first kappa shape index (κ1) is 15.3. The van der Waals surface area contributed by atoms with Gasteiger partial charge in [-0.25, -0.2) is 9.78 Å². The largest absolute Gasteiger partial charge is 0.477 e. The smallest absolute Gasteiger partial charge is 0.347 e. The fourth-order valence-corrected chi connectivity index (χ4v) is 3.33. The molecule has 1 aromatic heterocycles. The van der Waals surface area contributed by atoms with E-state index < -0.39 is 5.97 Å². The average molecular weight is 330 g/mol. The second-order valence-corrected chi connectivity index (χ2v) is 7.22. The van der Waals surface area contributed by atoms with E-state index in [0.29, 0.717) is 26.3 Å². The Hall–Kier alpha value is -1.10. The second-order valence-electron chi connectivity index (χ2n) is 5.38. The van der Waals surface area contributed by atoms with Gasteiger partial charge in [0.25, 0.3) is 0 Å². The molecule has 0 spiro atoms. The monoisotopic (exact) mass is 329 g/mol. The zero-order chi connectivity index (χ0) is 15.1. The minimum atomic E-state index is -0.975. The van der Waals surface area contributed by atoms with Crippen molar-refractivity contribution in [2.45, 2.75) is 26.2 Å². The van der Waals surface area contributed by atoms with E-state index in [4.69, 9.17) is 23.2 Å². The van der Waals surface area contributed by atoms with Crippen LogP contribution in [0.15, 0.2) is 18.2 Å². The third kappa shape index (κ3) is 2.97. The van der Waals surface area contributed by atoms with Gasteiger partial charge in [-0.15, -0.1) is 11.3 Å². The molecule has 1 aromatic carbocycles. The third-order valence-electron chi connectivity index (χ3n) is 2.69. The van der Waals surface area contributed by atoms with Crippen molar-refractivity contribution in [2.75, 3.05) is 0 Å². The molecule has 0 saturated carbocycles. The minimum Gasteiger partial charge on any atom is -0.477 e. The Morgan fingerprint density at radius 1 is 1.30 bits per heavy atom. The number of rotatable bonds is 2. The first-order chi connectivity index (χ1) is 9.20. The number of hydrogen-bond donors (Lipinski definition) is 1. The molecule has 1 heterocycles. The molecule has 1 N–H and O–H groups in total. The molecule has 0 fully saturated rings. The van der Waals surface area contributed by atoms with Crippen LogP contribution in [0.5, 0.6) is 0 Å². The van der Waals surface area contributed by atoms with Gasteiger partial charge in [0.05, 0.1) is 10.7 Å². The van der Waals surface area contributed by atoms with E-state index in [0.717, 1.165) is 11.3 Å². The summed E-state index contributed by atoms with van der Waals surface area (Å²) in [6.07, 6.45) is 0. The molecule has 20 heavy (non-hydrogen) atoms. The van der Waals surface area contributed by atoms with Crippen molar-refractivity contribution in [3.63, 3.8) is 0 Å². The van der Waals surface area contributed by atoms with Gasteiger partial charge in [-0.2, -0.15) is 0 Å². The number of halogens is 2. The summed E-state index contributed by atoms with van der Waals surface area (Å²) in [7, 11) is 0. The third-order valence-corrected chi connectivity index (χ3v) is 4.33. The van der Waals surface area contributed by atoms with Crippen LogP contribution in [0.25, 0.3) is 10.6 Å². The molecule has 0 amide bonds. The molecule has 6 heteroatoms. The number of hydrogen-bond acceptors (Lipinski definition) is 3. The van der Waals surface area contributed by atoms with Crippen LogP contribution < -0.4 is 0 Å². The van der Waals surface area contributed by atoms with Crippen LogP contribution in [-0.2, 0) is 5.41 Å². The van der Waals surface area contributed by atoms with E-state index in [1.807, 2.05) is 20.8 Å². The summed E-state index contributed by atoms with van der Waals surface area (Å²) in [6.45, 7) is 5.79. The van der Waals surface area contributed by atoms with Gasteiger partial charge >= 0.3 is 5.97 Å². The number of carboxylic acids is 1. The number of aromatic carboxylic acids is 1. The van der Waals surface area contributed by atoms with Gasteiger partial charge in [-0.3, -0.25) is 0 Å². The minimum absolute atomic E-state index is 0.239. The Balaban J connectivity index is 2.65. The van der Waals surface area contributed by atoms with E-state index in [1.54, 1.807) is 18.2 Å². The first-order valence-electron chi connectivity index (χ1n) is 5.90. The lowest BCUT2D eigenvalue weighted by Gasteiger charge is -2.16. The number of nitrogens with zero attached hydrogens (tertiary/aromatic N) is 1. The van der Waals surface area contributed by atoms with Crippen LogP contribution in [0.2, 0.25) is 10.0 Å². The molecular formula is C14H13Cl2NO2S. The molecule has 0 saturated heterocycles. The van der Waals surface area contributed by atoms with E-state index >= 15 is 0 Å². The average Bonchev–Trinajstić information content (AvgIpc) is 2.77. The van der Waals surface area contributed by atoms with Gasteiger partial charge in [0.15, 0.2) is 0 Å². The lowest BCUT2D eigenvalue weighted by Crippen LogP contribution is -2.16. The number of thiazole rings is 1. The molecule has 0 radical (unpaired) electrons. The Kier molecular flexibility index (Phi) is 4.09. The summed E-state index contributed by atoms with van der Waals surface area (Å²) in [5, 5.41) is 10.9. The lowest BCUT2D eigenvalue weighted by molar-refractivity contribution is 0.0699. The van der Waals surface area contributed by atoms with Crippen molar-refractivity contribution < 1.29 is 9.90 Å². The molecule has 2 rings (SSSR count). The summed E-state index contributed by atoms with van der Waals surface area (Å²) in [4.78, 5) is 16.1. The number of carboxylic acid groups (broad SMARTS) is 1. The van der Waals surface area contributed by atoms with Gasteiger partial charge in [0.1, 0.15) is 9.88 Å². The van der Waals surface area contributed by atoms with Crippen LogP contribution >= 0.6 is 34.5 Å². The van der Waals surface area contributed by atoms with Crippen LogP contribution in [-0.4, -0.2) is 16.1 Å². The highest BCUT2D eigenvalue weighted by molar-refractivity contribution is 7.17. The molecule has 0 bridgehead atoms. The molecule has 0 aliphatic carbocycles. The summed E-state index contributed by atoms with van der Waals surface area (Å²) < 4.78 is 0. The Labute approximate surface area is 131 Å². The fourth-order valence-electron chi connectivity index (χ4n) is 1.75. The molecule has 3 nitrogen and oxygen atoms in total. The van der Waals surface area contributed by atoms with E-state index in [9.17, 15) is 9.90 Å².